The van der Waals surface area contributed by atoms with E-state index in [0.29, 0.717) is 0 Å². The second-order valence-corrected chi connectivity index (χ2v) is 5.65. The van der Waals surface area contributed by atoms with Gasteiger partial charge in [-0.2, -0.15) is 11.8 Å². The van der Waals surface area contributed by atoms with Gasteiger partial charge < -0.3 is 0 Å². The van der Waals surface area contributed by atoms with E-state index >= 15 is 0 Å². The molecule has 0 amide bonds. The number of unbranched alkanes of at least 4 members (excludes halogenated alkanes) is 1. The summed E-state index contributed by atoms with van der Waals surface area (Å²) in [6.07, 6.45) is 2.64. The highest BCUT2D eigenvalue weighted by molar-refractivity contribution is 7.98. The molecule has 0 N–H and O–H groups in total. The van der Waals surface area contributed by atoms with Crippen molar-refractivity contribution in [3.63, 3.8) is 0 Å². The van der Waals surface area contributed by atoms with Gasteiger partial charge in [0.15, 0.2) is 0 Å². The molecule has 0 aliphatic carbocycles. The zero-order valence-corrected chi connectivity index (χ0v) is 11.9. The van der Waals surface area contributed by atoms with Crippen molar-refractivity contribution in [3.8, 4) is 0 Å². The Labute approximate surface area is 105 Å². The standard InChI is InChI=1S/C11H14S.C4H10/c1-8-3-4-11-9(2)6-12-7-10(11)5-8;1-3-4-2/h3-5,9H,6-7H2,1-2H3;3-4H2,1-2H3. The molecule has 1 aromatic carbocycles. The molecule has 0 saturated carbocycles. The number of hydrogen-bond donors (Lipinski definition) is 0. The number of hydrogen-bond acceptors (Lipinski definition) is 1. The van der Waals surface area contributed by atoms with Crippen molar-refractivity contribution >= 4 is 11.8 Å². The number of rotatable bonds is 1. The van der Waals surface area contributed by atoms with Crippen LogP contribution in [0.2, 0.25) is 0 Å². The van der Waals surface area contributed by atoms with Gasteiger partial charge in [-0.15, -0.1) is 0 Å². The topological polar surface area (TPSA) is 0 Å². The van der Waals surface area contributed by atoms with Crippen LogP contribution in [0.25, 0.3) is 0 Å². The highest BCUT2D eigenvalue weighted by atomic mass is 32.2. The van der Waals surface area contributed by atoms with Gasteiger partial charge in [0.25, 0.3) is 0 Å². The van der Waals surface area contributed by atoms with Gasteiger partial charge in [-0.25, -0.2) is 0 Å². The third-order valence-electron chi connectivity index (χ3n) is 2.95. The molecule has 1 aromatic rings. The molecule has 16 heavy (non-hydrogen) atoms. The Morgan fingerprint density at radius 2 is 1.94 bits per heavy atom. The van der Waals surface area contributed by atoms with Crippen molar-refractivity contribution in [1.29, 1.82) is 0 Å². The molecular formula is C15H24S. The summed E-state index contributed by atoms with van der Waals surface area (Å²) in [5, 5.41) is 0. The normalized spacial score (nSPS) is 18.4. The van der Waals surface area contributed by atoms with E-state index in [1.165, 1.54) is 29.9 Å². The van der Waals surface area contributed by atoms with Crippen molar-refractivity contribution < 1.29 is 0 Å². The van der Waals surface area contributed by atoms with Crippen LogP contribution >= 0.6 is 11.8 Å². The monoisotopic (exact) mass is 236 g/mol. The third kappa shape index (κ3) is 3.86. The van der Waals surface area contributed by atoms with Gasteiger partial charge >= 0.3 is 0 Å². The number of thioether (sulfide) groups is 1. The lowest BCUT2D eigenvalue weighted by Crippen LogP contribution is -2.07. The second kappa shape index (κ2) is 7.01. The van der Waals surface area contributed by atoms with E-state index in [0.717, 1.165) is 5.92 Å². The van der Waals surface area contributed by atoms with Crippen LogP contribution in [0.3, 0.4) is 0 Å². The van der Waals surface area contributed by atoms with Crippen LogP contribution in [0.1, 0.15) is 56.2 Å². The van der Waals surface area contributed by atoms with Crippen LogP contribution in [0, 0.1) is 6.92 Å². The third-order valence-corrected chi connectivity index (χ3v) is 4.21. The quantitative estimate of drug-likeness (QED) is 0.649. The molecule has 90 valence electrons. The fraction of sp³-hybridized carbons (Fsp3) is 0.600. The summed E-state index contributed by atoms with van der Waals surface area (Å²) in [5.74, 6) is 3.25. The van der Waals surface area contributed by atoms with Gasteiger partial charge in [0, 0.05) is 11.5 Å². The average molecular weight is 236 g/mol. The second-order valence-electron chi connectivity index (χ2n) is 4.62. The Balaban J connectivity index is 0.000000280. The highest BCUT2D eigenvalue weighted by Gasteiger charge is 2.15. The van der Waals surface area contributed by atoms with Crippen molar-refractivity contribution in [2.24, 2.45) is 0 Å². The largest absolute Gasteiger partial charge is 0.157 e. The van der Waals surface area contributed by atoms with Crippen LogP contribution in [0.5, 0.6) is 0 Å². The molecule has 1 aliphatic rings. The van der Waals surface area contributed by atoms with E-state index in [2.05, 4.69) is 57.7 Å². The lowest BCUT2D eigenvalue weighted by atomic mass is 9.96. The lowest BCUT2D eigenvalue weighted by molar-refractivity contribution is 0.853. The van der Waals surface area contributed by atoms with E-state index in [1.54, 1.807) is 11.1 Å². The average Bonchev–Trinajstić information content (AvgIpc) is 2.29. The molecule has 1 heterocycles. The molecule has 2 rings (SSSR count). The summed E-state index contributed by atoms with van der Waals surface area (Å²) < 4.78 is 0. The molecule has 1 atom stereocenters. The lowest BCUT2D eigenvalue weighted by Gasteiger charge is -2.22. The molecular weight excluding hydrogens is 212 g/mol. The minimum Gasteiger partial charge on any atom is -0.157 e. The van der Waals surface area contributed by atoms with Gasteiger partial charge in [-0.05, 0) is 24.0 Å². The summed E-state index contributed by atoms with van der Waals surface area (Å²) in [5.41, 5.74) is 4.52. The van der Waals surface area contributed by atoms with Gasteiger partial charge in [-0.3, -0.25) is 0 Å². The first-order valence-electron chi connectivity index (χ1n) is 6.36. The first kappa shape index (κ1) is 13.6. The molecule has 0 nitrogen and oxygen atoms in total. The summed E-state index contributed by atoms with van der Waals surface area (Å²) >= 11 is 2.05. The van der Waals surface area contributed by atoms with Crippen LogP contribution in [-0.2, 0) is 5.75 Å². The SMILES string of the molecule is CCCC.Cc1ccc2c(c1)CSCC2C. The Kier molecular flexibility index (Phi) is 5.97. The zero-order valence-electron chi connectivity index (χ0n) is 11.0. The van der Waals surface area contributed by atoms with Crippen LogP contribution in [0.15, 0.2) is 18.2 Å². The molecule has 0 saturated heterocycles. The summed E-state index contributed by atoms with van der Waals surface area (Å²) in [4.78, 5) is 0. The minimum absolute atomic E-state index is 0.749. The molecule has 1 unspecified atom stereocenters. The van der Waals surface area contributed by atoms with Crippen LogP contribution < -0.4 is 0 Å². The van der Waals surface area contributed by atoms with E-state index in [-0.39, 0.29) is 0 Å². The maximum atomic E-state index is 2.33. The fourth-order valence-electron chi connectivity index (χ4n) is 1.78. The van der Waals surface area contributed by atoms with Crippen LogP contribution in [-0.4, -0.2) is 5.75 Å². The van der Waals surface area contributed by atoms with Gasteiger partial charge in [0.2, 0.25) is 0 Å². The van der Waals surface area contributed by atoms with Crippen molar-refractivity contribution in [2.75, 3.05) is 5.75 Å². The Hall–Kier alpha value is -0.430. The van der Waals surface area contributed by atoms with E-state index in [4.69, 9.17) is 0 Å². The number of fused-ring (bicyclic) bond motifs is 1. The smallest absolute Gasteiger partial charge is 0.0187 e. The Morgan fingerprint density at radius 3 is 2.56 bits per heavy atom. The minimum atomic E-state index is 0.749. The number of aryl methyl sites for hydroxylation is 1. The van der Waals surface area contributed by atoms with Crippen molar-refractivity contribution in [1.82, 2.24) is 0 Å². The molecule has 0 fully saturated rings. The van der Waals surface area contributed by atoms with Gasteiger partial charge in [0.1, 0.15) is 0 Å². The maximum absolute atomic E-state index is 2.33. The van der Waals surface area contributed by atoms with Crippen molar-refractivity contribution in [3.05, 3.63) is 34.9 Å². The molecule has 1 aliphatic heterocycles. The summed E-state index contributed by atoms with van der Waals surface area (Å²) in [6.45, 7) is 8.85. The first-order chi connectivity index (χ1) is 7.69. The molecule has 0 bridgehead atoms. The van der Waals surface area contributed by atoms with Crippen molar-refractivity contribution in [2.45, 2.75) is 52.2 Å². The molecule has 0 spiro atoms. The first-order valence-corrected chi connectivity index (χ1v) is 7.51. The Bertz CT molecular complexity index is 315. The predicted octanol–water partition coefficient (Wildman–Crippen LogP) is 5.15. The van der Waals surface area contributed by atoms with Gasteiger partial charge in [-0.1, -0.05) is 57.4 Å². The van der Waals surface area contributed by atoms with E-state index < -0.39 is 0 Å². The zero-order chi connectivity index (χ0) is 12.0. The molecule has 0 aromatic heterocycles. The fourth-order valence-corrected chi connectivity index (χ4v) is 2.90. The van der Waals surface area contributed by atoms with E-state index in [1.807, 2.05) is 0 Å². The van der Waals surface area contributed by atoms with Gasteiger partial charge in [0.05, 0.1) is 0 Å². The molecule has 1 heteroatoms. The summed E-state index contributed by atoms with van der Waals surface area (Å²) in [6, 6.07) is 6.86. The highest BCUT2D eigenvalue weighted by Crippen LogP contribution is 2.32. The number of benzene rings is 1. The summed E-state index contributed by atoms with van der Waals surface area (Å²) in [7, 11) is 0. The maximum Gasteiger partial charge on any atom is 0.0187 e. The van der Waals surface area contributed by atoms with Crippen LogP contribution in [0.4, 0.5) is 0 Å². The van der Waals surface area contributed by atoms with E-state index in [9.17, 15) is 0 Å². The predicted molar refractivity (Wildman–Crippen MR) is 76.3 cm³/mol. The Morgan fingerprint density at radius 1 is 1.25 bits per heavy atom. The molecule has 0 radical (unpaired) electrons.